The van der Waals surface area contributed by atoms with Gasteiger partial charge in [-0.2, -0.15) is 0 Å². The van der Waals surface area contributed by atoms with Crippen molar-refractivity contribution in [1.82, 2.24) is 5.32 Å². The second-order valence-electron chi connectivity index (χ2n) is 5.64. The first-order valence-corrected chi connectivity index (χ1v) is 6.52. The van der Waals surface area contributed by atoms with E-state index in [1.807, 2.05) is 32.9 Å². The lowest BCUT2D eigenvalue weighted by molar-refractivity contribution is -0.125. The summed E-state index contributed by atoms with van der Waals surface area (Å²) in [6.45, 7) is 8.03. The maximum absolute atomic E-state index is 12.5. The van der Waals surface area contributed by atoms with Crippen molar-refractivity contribution < 1.29 is 9.59 Å². The molecule has 4 nitrogen and oxygen atoms in total. The average Bonchev–Trinajstić information content (AvgIpc) is 2.35. The molecule has 0 aliphatic carbocycles. The lowest BCUT2D eigenvalue weighted by Crippen LogP contribution is -2.65. The molecule has 1 unspecified atom stereocenters. The third kappa shape index (κ3) is 2.54. The summed E-state index contributed by atoms with van der Waals surface area (Å²) >= 11 is 0. The summed E-state index contributed by atoms with van der Waals surface area (Å²) in [6, 6.07) is 7.33. The summed E-state index contributed by atoms with van der Waals surface area (Å²) in [7, 11) is 0. The van der Waals surface area contributed by atoms with Gasteiger partial charge in [-0.15, -0.1) is 0 Å². The first-order chi connectivity index (χ1) is 8.83. The number of amides is 1. The number of carbonyl (C=O) groups excluding carboxylic acids is 2. The number of nitrogens with one attached hydrogen (secondary N) is 1. The molecular weight excluding hydrogens is 240 g/mol. The van der Waals surface area contributed by atoms with E-state index in [-0.39, 0.29) is 17.7 Å². The van der Waals surface area contributed by atoms with Crippen LogP contribution in [-0.2, 0) is 4.79 Å². The highest BCUT2D eigenvalue weighted by molar-refractivity contribution is 6.02. The molecular formula is C15H20N2O2. The quantitative estimate of drug-likeness (QED) is 0.827. The third-order valence-corrected chi connectivity index (χ3v) is 3.56. The summed E-state index contributed by atoms with van der Waals surface area (Å²) in [6.07, 6.45) is 0. The lowest BCUT2D eigenvalue weighted by Gasteiger charge is -2.42. The van der Waals surface area contributed by atoms with Crippen LogP contribution in [0, 0.1) is 0 Å². The number of ketones is 1. The van der Waals surface area contributed by atoms with Crippen molar-refractivity contribution in [3.8, 4) is 0 Å². The fraction of sp³-hybridized carbons (Fsp3) is 0.467. The molecule has 0 aromatic heterocycles. The molecule has 1 amide bonds. The molecule has 1 aliphatic rings. The second-order valence-corrected chi connectivity index (χ2v) is 5.64. The Hall–Kier alpha value is -1.68. The summed E-state index contributed by atoms with van der Waals surface area (Å²) in [5.74, 6) is 0.0447. The zero-order valence-electron chi connectivity index (χ0n) is 11.9. The van der Waals surface area contributed by atoms with E-state index in [1.165, 1.54) is 6.92 Å². The highest BCUT2D eigenvalue weighted by atomic mass is 16.2. The maximum Gasteiger partial charge on any atom is 0.247 e. The van der Waals surface area contributed by atoms with Crippen LogP contribution in [0.3, 0.4) is 0 Å². The van der Waals surface area contributed by atoms with Gasteiger partial charge < -0.3 is 10.2 Å². The summed E-state index contributed by atoms with van der Waals surface area (Å²) in [5, 5.41) is 3.24. The topological polar surface area (TPSA) is 49.4 Å². The van der Waals surface area contributed by atoms with Crippen molar-refractivity contribution in [1.29, 1.82) is 0 Å². The number of hydrogen-bond donors (Lipinski definition) is 1. The van der Waals surface area contributed by atoms with Crippen LogP contribution in [0.1, 0.15) is 38.1 Å². The monoisotopic (exact) mass is 260 g/mol. The van der Waals surface area contributed by atoms with Crippen LogP contribution < -0.4 is 10.2 Å². The smallest absolute Gasteiger partial charge is 0.247 e. The number of carbonyl (C=O) groups is 2. The van der Waals surface area contributed by atoms with Gasteiger partial charge in [0.05, 0.1) is 5.54 Å². The highest BCUT2D eigenvalue weighted by Crippen LogP contribution is 2.25. The Labute approximate surface area is 113 Å². The van der Waals surface area contributed by atoms with Gasteiger partial charge >= 0.3 is 0 Å². The van der Waals surface area contributed by atoms with Gasteiger partial charge in [0.1, 0.15) is 0 Å². The minimum atomic E-state index is -0.571. The van der Waals surface area contributed by atoms with Gasteiger partial charge in [-0.1, -0.05) is 12.1 Å². The van der Waals surface area contributed by atoms with E-state index < -0.39 is 5.54 Å². The van der Waals surface area contributed by atoms with Crippen LogP contribution >= 0.6 is 0 Å². The predicted molar refractivity (Wildman–Crippen MR) is 75.5 cm³/mol. The van der Waals surface area contributed by atoms with Gasteiger partial charge in [-0.3, -0.25) is 9.59 Å². The minimum absolute atomic E-state index is 0.0105. The number of hydrogen-bond acceptors (Lipinski definition) is 3. The molecule has 1 heterocycles. The fourth-order valence-electron chi connectivity index (χ4n) is 2.32. The number of rotatable bonds is 2. The Morgan fingerprint density at radius 3 is 2.74 bits per heavy atom. The number of Topliss-reactive ketones (excluding diaryl/α,β-unsaturated/α-hetero) is 1. The molecule has 1 aliphatic heterocycles. The molecule has 0 spiro atoms. The van der Waals surface area contributed by atoms with Crippen LogP contribution in [0.2, 0.25) is 0 Å². The molecule has 1 N–H and O–H groups in total. The van der Waals surface area contributed by atoms with Crippen molar-refractivity contribution in [3.63, 3.8) is 0 Å². The molecule has 1 saturated heterocycles. The first kappa shape index (κ1) is 13.7. The van der Waals surface area contributed by atoms with Crippen LogP contribution in [0.4, 0.5) is 5.69 Å². The van der Waals surface area contributed by atoms with Gasteiger partial charge in [0.15, 0.2) is 5.78 Å². The van der Waals surface area contributed by atoms with Crippen molar-refractivity contribution in [2.24, 2.45) is 0 Å². The van der Waals surface area contributed by atoms with Crippen molar-refractivity contribution in [3.05, 3.63) is 29.8 Å². The van der Waals surface area contributed by atoms with E-state index in [1.54, 1.807) is 17.0 Å². The van der Waals surface area contributed by atoms with E-state index >= 15 is 0 Å². The van der Waals surface area contributed by atoms with Crippen molar-refractivity contribution >= 4 is 17.4 Å². The summed E-state index contributed by atoms with van der Waals surface area (Å²) in [4.78, 5) is 25.8. The maximum atomic E-state index is 12.5. The number of anilines is 1. The van der Waals surface area contributed by atoms with Gasteiger partial charge in [0.2, 0.25) is 5.91 Å². The third-order valence-electron chi connectivity index (χ3n) is 3.56. The zero-order chi connectivity index (χ0) is 14.2. The molecule has 0 saturated carbocycles. The van der Waals surface area contributed by atoms with Gasteiger partial charge in [0, 0.05) is 23.8 Å². The van der Waals surface area contributed by atoms with Crippen LogP contribution in [0.5, 0.6) is 0 Å². The lowest BCUT2D eigenvalue weighted by atomic mass is 9.97. The molecule has 1 fully saturated rings. The van der Waals surface area contributed by atoms with E-state index in [0.29, 0.717) is 5.56 Å². The Balaban J connectivity index is 2.41. The minimum Gasteiger partial charge on any atom is -0.307 e. The zero-order valence-corrected chi connectivity index (χ0v) is 11.9. The summed E-state index contributed by atoms with van der Waals surface area (Å²) in [5.41, 5.74) is 0.854. The SMILES string of the molecule is CC(=O)c1cccc(N2C(=O)C(C)(C)NCC2C)c1. The van der Waals surface area contributed by atoms with E-state index in [2.05, 4.69) is 5.32 Å². The Bertz CT molecular complexity index is 523. The summed E-state index contributed by atoms with van der Waals surface area (Å²) < 4.78 is 0. The molecule has 1 aromatic rings. The van der Waals surface area contributed by atoms with Crippen LogP contribution in [0.25, 0.3) is 0 Å². The Morgan fingerprint density at radius 1 is 1.42 bits per heavy atom. The number of benzene rings is 1. The van der Waals surface area contributed by atoms with Gasteiger partial charge in [0.25, 0.3) is 0 Å². The predicted octanol–water partition coefficient (Wildman–Crippen LogP) is 1.99. The molecule has 102 valence electrons. The molecule has 1 atom stereocenters. The normalized spacial score (nSPS) is 22.4. The number of nitrogens with zero attached hydrogens (tertiary/aromatic N) is 1. The largest absolute Gasteiger partial charge is 0.307 e. The van der Waals surface area contributed by atoms with Crippen LogP contribution in [0.15, 0.2) is 24.3 Å². The average molecular weight is 260 g/mol. The van der Waals surface area contributed by atoms with Gasteiger partial charge in [-0.25, -0.2) is 0 Å². The Kier molecular flexibility index (Phi) is 3.45. The molecule has 0 bridgehead atoms. The van der Waals surface area contributed by atoms with E-state index in [4.69, 9.17) is 0 Å². The molecule has 4 heteroatoms. The van der Waals surface area contributed by atoms with E-state index in [0.717, 1.165) is 12.2 Å². The Morgan fingerprint density at radius 2 is 2.11 bits per heavy atom. The first-order valence-electron chi connectivity index (χ1n) is 6.52. The van der Waals surface area contributed by atoms with Crippen LogP contribution in [-0.4, -0.2) is 29.8 Å². The standard InChI is InChI=1S/C15H20N2O2/c1-10-9-16-15(3,4)14(19)17(10)13-7-5-6-12(8-13)11(2)18/h5-8,10,16H,9H2,1-4H3. The van der Waals surface area contributed by atoms with Crippen molar-refractivity contribution in [2.75, 3.05) is 11.4 Å². The molecule has 19 heavy (non-hydrogen) atoms. The van der Waals surface area contributed by atoms with E-state index in [9.17, 15) is 9.59 Å². The molecule has 1 aromatic carbocycles. The number of piperazine rings is 1. The molecule has 0 radical (unpaired) electrons. The van der Waals surface area contributed by atoms with Gasteiger partial charge in [-0.05, 0) is 39.8 Å². The second kappa shape index (κ2) is 4.78. The fourth-order valence-corrected chi connectivity index (χ4v) is 2.32. The van der Waals surface area contributed by atoms with Crippen molar-refractivity contribution in [2.45, 2.75) is 39.3 Å². The highest BCUT2D eigenvalue weighted by Gasteiger charge is 2.39. The molecule has 2 rings (SSSR count).